The highest BCUT2D eigenvalue weighted by molar-refractivity contribution is 8.00. The van der Waals surface area contributed by atoms with Crippen LogP contribution in [0.15, 0.2) is 29.4 Å². The van der Waals surface area contributed by atoms with Gasteiger partial charge >= 0.3 is 0 Å². The number of aliphatic hydroxyl groups excluding tert-OH is 1. The Kier molecular flexibility index (Phi) is 3.12. The first kappa shape index (κ1) is 9.55. The summed E-state index contributed by atoms with van der Waals surface area (Å²) in [5.74, 6) is 0. The van der Waals surface area contributed by atoms with E-state index in [1.165, 1.54) is 0 Å². The summed E-state index contributed by atoms with van der Waals surface area (Å²) in [7, 11) is 0. The Morgan fingerprint density at radius 2 is 2.00 bits per heavy atom. The van der Waals surface area contributed by atoms with Gasteiger partial charge in [0, 0.05) is 22.0 Å². The van der Waals surface area contributed by atoms with E-state index >= 15 is 0 Å². The Labute approximate surface area is 77.0 Å². The van der Waals surface area contributed by atoms with E-state index in [9.17, 15) is 0 Å². The number of hydrogen-bond acceptors (Lipinski definition) is 3. The van der Waals surface area contributed by atoms with Crippen LogP contribution in [0.2, 0.25) is 0 Å². The molecule has 0 unspecified atom stereocenters. The van der Waals surface area contributed by atoms with Crippen molar-refractivity contribution in [2.24, 2.45) is 0 Å². The van der Waals surface area contributed by atoms with Gasteiger partial charge in [0.25, 0.3) is 0 Å². The molecule has 1 aromatic rings. The minimum atomic E-state index is -0.110. The molecular formula is C9H13NOS. The van der Waals surface area contributed by atoms with Gasteiger partial charge in [-0.1, -0.05) is 0 Å². The van der Waals surface area contributed by atoms with E-state index in [0.29, 0.717) is 0 Å². The van der Waals surface area contributed by atoms with Gasteiger partial charge in [0.2, 0.25) is 0 Å². The second kappa shape index (κ2) is 3.92. The van der Waals surface area contributed by atoms with Crippen molar-refractivity contribution < 1.29 is 5.11 Å². The zero-order chi connectivity index (χ0) is 9.03. The lowest BCUT2D eigenvalue weighted by Crippen LogP contribution is -2.19. The maximum absolute atomic E-state index is 9.02. The second-order valence-corrected chi connectivity index (χ2v) is 4.98. The molecule has 0 amide bonds. The van der Waals surface area contributed by atoms with Crippen molar-refractivity contribution in [1.82, 2.24) is 4.98 Å². The van der Waals surface area contributed by atoms with Crippen LogP contribution < -0.4 is 0 Å². The van der Waals surface area contributed by atoms with Crippen molar-refractivity contribution in [3.63, 3.8) is 0 Å². The summed E-state index contributed by atoms with van der Waals surface area (Å²) in [5.41, 5.74) is 0. The van der Waals surface area contributed by atoms with E-state index in [0.717, 1.165) is 4.90 Å². The van der Waals surface area contributed by atoms with Crippen molar-refractivity contribution in [2.75, 3.05) is 6.61 Å². The first-order valence-corrected chi connectivity index (χ1v) is 4.65. The van der Waals surface area contributed by atoms with Crippen LogP contribution in [0.1, 0.15) is 13.8 Å². The Morgan fingerprint density at radius 1 is 1.42 bits per heavy atom. The summed E-state index contributed by atoms with van der Waals surface area (Å²) in [5, 5.41) is 9.02. The molecule has 0 fully saturated rings. The average molecular weight is 183 g/mol. The number of rotatable bonds is 3. The summed E-state index contributed by atoms with van der Waals surface area (Å²) in [6.45, 7) is 4.20. The zero-order valence-corrected chi connectivity index (χ0v) is 8.14. The Bertz CT molecular complexity index is 236. The van der Waals surface area contributed by atoms with Crippen LogP contribution in [0.3, 0.4) is 0 Å². The van der Waals surface area contributed by atoms with E-state index in [2.05, 4.69) is 4.98 Å². The number of thioether (sulfide) groups is 1. The highest BCUT2D eigenvalue weighted by atomic mass is 32.2. The lowest BCUT2D eigenvalue weighted by molar-refractivity contribution is 0.265. The molecule has 0 atom stereocenters. The van der Waals surface area contributed by atoms with Crippen molar-refractivity contribution >= 4 is 11.8 Å². The third-order valence-corrected chi connectivity index (χ3v) is 2.61. The Hall–Kier alpha value is -0.540. The van der Waals surface area contributed by atoms with Crippen molar-refractivity contribution in [1.29, 1.82) is 0 Å². The number of aliphatic hydroxyl groups is 1. The van der Waals surface area contributed by atoms with E-state index in [-0.39, 0.29) is 11.4 Å². The minimum absolute atomic E-state index is 0.110. The van der Waals surface area contributed by atoms with Crippen molar-refractivity contribution in [3.05, 3.63) is 24.5 Å². The predicted octanol–water partition coefficient (Wildman–Crippen LogP) is 1.94. The zero-order valence-electron chi connectivity index (χ0n) is 7.32. The van der Waals surface area contributed by atoms with E-state index in [1.54, 1.807) is 24.2 Å². The molecular weight excluding hydrogens is 170 g/mol. The molecule has 1 rings (SSSR count). The van der Waals surface area contributed by atoms with Crippen LogP contribution in [0.5, 0.6) is 0 Å². The number of aromatic nitrogens is 1. The number of hydrogen-bond donors (Lipinski definition) is 1. The fourth-order valence-electron chi connectivity index (χ4n) is 0.758. The molecule has 3 heteroatoms. The maximum Gasteiger partial charge on any atom is 0.0576 e. The van der Waals surface area contributed by atoms with Crippen LogP contribution in [0, 0.1) is 0 Å². The lowest BCUT2D eigenvalue weighted by Gasteiger charge is -2.20. The minimum Gasteiger partial charge on any atom is -0.395 e. The number of pyridine rings is 1. The van der Waals surface area contributed by atoms with Crippen LogP contribution in [-0.2, 0) is 0 Å². The Morgan fingerprint density at radius 3 is 2.50 bits per heavy atom. The van der Waals surface area contributed by atoms with Gasteiger partial charge in [-0.15, -0.1) is 11.8 Å². The van der Waals surface area contributed by atoms with Gasteiger partial charge in [-0.3, -0.25) is 4.98 Å². The van der Waals surface area contributed by atoms with Gasteiger partial charge in [0.1, 0.15) is 0 Å². The maximum atomic E-state index is 9.02. The molecule has 66 valence electrons. The van der Waals surface area contributed by atoms with Crippen molar-refractivity contribution in [3.8, 4) is 0 Å². The van der Waals surface area contributed by atoms with Gasteiger partial charge < -0.3 is 5.11 Å². The third-order valence-electron chi connectivity index (χ3n) is 1.42. The van der Waals surface area contributed by atoms with Crippen LogP contribution in [-0.4, -0.2) is 21.4 Å². The van der Waals surface area contributed by atoms with Crippen molar-refractivity contribution in [2.45, 2.75) is 23.5 Å². The molecule has 0 aromatic carbocycles. The Balaban J connectivity index is 2.64. The fourth-order valence-corrected chi connectivity index (χ4v) is 1.72. The molecule has 0 radical (unpaired) electrons. The molecule has 0 saturated heterocycles. The predicted molar refractivity (Wildman–Crippen MR) is 51.3 cm³/mol. The fraction of sp³-hybridized carbons (Fsp3) is 0.444. The topological polar surface area (TPSA) is 33.1 Å². The third kappa shape index (κ3) is 2.83. The van der Waals surface area contributed by atoms with Crippen LogP contribution in [0.25, 0.3) is 0 Å². The first-order valence-electron chi connectivity index (χ1n) is 3.84. The highest BCUT2D eigenvalue weighted by Crippen LogP contribution is 2.30. The molecule has 0 aliphatic heterocycles. The largest absolute Gasteiger partial charge is 0.395 e. The van der Waals surface area contributed by atoms with E-state index in [1.807, 2.05) is 26.0 Å². The molecule has 0 saturated carbocycles. The molecule has 1 heterocycles. The standard InChI is InChI=1S/C9H13NOS/c1-9(2,7-11)12-8-3-5-10-6-4-8/h3-6,11H,7H2,1-2H3. The molecule has 0 aliphatic rings. The molecule has 0 bridgehead atoms. The van der Waals surface area contributed by atoms with Gasteiger partial charge in [-0.05, 0) is 26.0 Å². The SMILES string of the molecule is CC(C)(CO)Sc1ccncc1. The molecule has 1 aromatic heterocycles. The molecule has 1 N–H and O–H groups in total. The van der Waals surface area contributed by atoms with E-state index < -0.39 is 0 Å². The van der Waals surface area contributed by atoms with Crippen LogP contribution >= 0.6 is 11.8 Å². The van der Waals surface area contributed by atoms with Gasteiger partial charge in [-0.25, -0.2) is 0 Å². The first-order chi connectivity index (χ1) is 5.64. The summed E-state index contributed by atoms with van der Waals surface area (Å²) in [6, 6.07) is 3.89. The second-order valence-electron chi connectivity index (χ2n) is 3.20. The number of nitrogens with zero attached hydrogens (tertiary/aromatic N) is 1. The lowest BCUT2D eigenvalue weighted by atomic mass is 10.2. The normalized spacial score (nSPS) is 11.6. The smallest absolute Gasteiger partial charge is 0.0576 e. The average Bonchev–Trinajstić information content (AvgIpc) is 2.06. The van der Waals surface area contributed by atoms with Crippen LogP contribution in [0.4, 0.5) is 0 Å². The summed E-state index contributed by atoms with van der Waals surface area (Å²) >= 11 is 1.66. The van der Waals surface area contributed by atoms with Gasteiger partial charge in [-0.2, -0.15) is 0 Å². The molecule has 0 aliphatic carbocycles. The highest BCUT2D eigenvalue weighted by Gasteiger charge is 2.17. The quantitative estimate of drug-likeness (QED) is 0.727. The molecule has 2 nitrogen and oxygen atoms in total. The molecule has 0 spiro atoms. The summed E-state index contributed by atoms with van der Waals surface area (Å²) in [4.78, 5) is 5.07. The summed E-state index contributed by atoms with van der Waals surface area (Å²) in [6.07, 6.45) is 3.52. The monoisotopic (exact) mass is 183 g/mol. The summed E-state index contributed by atoms with van der Waals surface area (Å²) < 4.78 is -0.110. The van der Waals surface area contributed by atoms with E-state index in [4.69, 9.17) is 5.11 Å². The van der Waals surface area contributed by atoms with Gasteiger partial charge in [0.15, 0.2) is 0 Å². The van der Waals surface area contributed by atoms with Gasteiger partial charge in [0.05, 0.1) is 6.61 Å². The molecule has 12 heavy (non-hydrogen) atoms.